The molecule has 0 unspecified atom stereocenters. The van der Waals surface area contributed by atoms with Crippen LogP contribution in [0.15, 0.2) is 36.4 Å². The number of phenols is 1. The highest BCUT2D eigenvalue weighted by atomic mass is 32.2. The smallest absolute Gasteiger partial charge is 0.326 e. The Bertz CT molecular complexity index is 1130. The van der Waals surface area contributed by atoms with Crippen molar-refractivity contribution in [3.05, 3.63) is 53.6 Å². The van der Waals surface area contributed by atoms with Crippen molar-refractivity contribution < 1.29 is 43.3 Å². The Morgan fingerprint density at radius 1 is 0.974 bits per heavy atom. The zero-order chi connectivity index (χ0) is 28.8. The number of hydrogen-bond acceptors (Lipinski definition) is 8. The summed E-state index contributed by atoms with van der Waals surface area (Å²) in [5.41, 5.74) is 10.6. The molecule has 0 saturated carbocycles. The number of aromatic hydroxyl groups is 1. The summed E-state index contributed by atoms with van der Waals surface area (Å²) in [4.78, 5) is 44.8. The number of aliphatic carboxylic acids is 2. The van der Waals surface area contributed by atoms with Crippen molar-refractivity contribution in [1.29, 1.82) is 0 Å². The van der Waals surface area contributed by atoms with Crippen LogP contribution in [0.25, 0.3) is 11.1 Å². The number of phenolic OH excluding ortho intramolecular Hbond substituents is 1. The molecule has 2 aromatic rings. The van der Waals surface area contributed by atoms with Crippen LogP contribution in [0.4, 0.5) is 8.78 Å². The molecule has 2 atom stereocenters. The van der Waals surface area contributed by atoms with Gasteiger partial charge in [0.15, 0.2) is 0 Å². The molecular weight excluding hydrogens is 524 g/mol. The van der Waals surface area contributed by atoms with Gasteiger partial charge in [-0.2, -0.15) is 0 Å². The van der Waals surface area contributed by atoms with Crippen LogP contribution in [0.1, 0.15) is 43.0 Å². The molecule has 208 valence electrons. The fraction of sp³-hybridized carbons (Fsp3) is 0.360. The lowest BCUT2D eigenvalue weighted by atomic mass is 9.99. The van der Waals surface area contributed by atoms with Gasteiger partial charge in [0, 0.05) is 29.9 Å². The van der Waals surface area contributed by atoms with Crippen molar-refractivity contribution in [2.75, 3.05) is 12.3 Å². The van der Waals surface area contributed by atoms with Gasteiger partial charge in [0.25, 0.3) is 0 Å². The Labute approximate surface area is 222 Å². The molecule has 1 amide bonds. The minimum absolute atomic E-state index is 0.00177. The Balaban J connectivity index is 0.000000612. The summed E-state index contributed by atoms with van der Waals surface area (Å²) in [6.45, 7) is 1.79. The second-order valence-corrected chi connectivity index (χ2v) is 9.17. The lowest BCUT2D eigenvalue weighted by Crippen LogP contribution is -2.39. The van der Waals surface area contributed by atoms with Gasteiger partial charge in [0.05, 0.1) is 0 Å². The third-order valence-corrected chi connectivity index (χ3v) is 5.97. The van der Waals surface area contributed by atoms with E-state index in [2.05, 4.69) is 5.32 Å². The predicted molar refractivity (Wildman–Crippen MR) is 139 cm³/mol. The fourth-order valence-corrected chi connectivity index (χ4v) is 3.99. The van der Waals surface area contributed by atoms with Gasteiger partial charge < -0.3 is 32.1 Å². The Morgan fingerprint density at radius 2 is 1.63 bits per heavy atom. The third kappa shape index (κ3) is 11.2. The number of nitrogens with two attached hydrogens (primary N) is 2. The number of thioether (sulfide) groups is 1. The maximum atomic E-state index is 14.1. The minimum Gasteiger partial charge on any atom is -0.508 e. The molecule has 38 heavy (non-hydrogen) atoms. The quantitative estimate of drug-likeness (QED) is 0.212. The van der Waals surface area contributed by atoms with Gasteiger partial charge in [-0.1, -0.05) is 18.2 Å². The lowest BCUT2D eigenvalue weighted by molar-refractivity contribution is -0.141. The van der Waals surface area contributed by atoms with Crippen LogP contribution in [0.3, 0.4) is 0 Å². The average Bonchev–Trinajstić information content (AvgIpc) is 2.83. The fourth-order valence-electron chi connectivity index (χ4n) is 3.13. The molecule has 0 fully saturated rings. The maximum absolute atomic E-state index is 14.1. The molecule has 0 aliphatic carbocycles. The van der Waals surface area contributed by atoms with Crippen molar-refractivity contribution >= 4 is 34.7 Å². The summed E-state index contributed by atoms with van der Waals surface area (Å²) in [5.74, 6) is -4.44. The molecule has 0 saturated heterocycles. The largest absolute Gasteiger partial charge is 0.508 e. The van der Waals surface area contributed by atoms with Crippen LogP contribution in [0, 0.1) is 11.6 Å². The highest BCUT2D eigenvalue weighted by Crippen LogP contribution is 2.32. The van der Waals surface area contributed by atoms with Crippen molar-refractivity contribution in [2.45, 2.75) is 44.7 Å². The standard InChI is InChI=1S/C19H17F2NO5S.C6H14N2O2/c1-10(23)22-17(18(25)26)6-7-28-19(27)15-9-12(24)3-5-13(15)14-4-2-11(20)8-16(14)21;7-4-2-1-3-5(8)6(9)10/h2-5,8-9,17,24H,6-7H2,1H3,(H,22,23)(H,25,26);5H,1-4,7-8H2,(H,9,10)/t17-;5-/m00/s1. The number of rotatable bonds is 12. The van der Waals surface area contributed by atoms with Crippen LogP contribution < -0.4 is 16.8 Å². The highest BCUT2D eigenvalue weighted by Gasteiger charge is 2.21. The molecule has 10 nitrogen and oxygen atoms in total. The zero-order valence-corrected chi connectivity index (χ0v) is 21.5. The Hall–Kier alpha value is -3.55. The van der Waals surface area contributed by atoms with Crippen LogP contribution in [-0.2, 0) is 14.4 Å². The molecule has 2 aromatic carbocycles. The van der Waals surface area contributed by atoms with Gasteiger partial charge >= 0.3 is 11.9 Å². The molecule has 0 heterocycles. The SMILES string of the molecule is CC(=O)N[C@@H](CCSC(=O)c1cc(O)ccc1-c1ccc(F)cc1F)C(=O)O.NCCCC[C@H](N)C(=O)O. The molecule has 13 heteroatoms. The monoisotopic (exact) mass is 555 g/mol. The number of carbonyl (C=O) groups excluding carboxylic acids is 2. The summed E-state index contributed by atoms with van der Waals surface area (Å²) in [5, 5.41) is 28.8. The first-order valence-electron chi connectivity index (χ1n) is 11.5. The van der Waals surface area contributed by atoms with Gasteiger partial charge in [-0.25, -0.2) is 13.6 Å². The Morgan fingerprint density at radius 3 is 2.18 bits per heavy atom. The van der Waals surface area contributed by atoms with Crippen LogP contribution in [0.5, 0.6) is 5.75 Å². The summed E-state index contributed by atoms with van der Waals surface area (Å²) < 4.78 is 27.3. The molecule has 0 aliphatic rings. The first-order chi connectivity index (χ1) is 17.9. The highest BCUT2D eigenvalue weighted by molar-refractivity contribution is 8.14. The topological polar surface area (TPSA) is 193 Å². The van der Waals surface area contributed by atoms with E-state index < -0.39 is 46.7 Å². The number of hydrogen-bond donors (Lipinski definition) is 6. The summed E-state index contributed by atoms with van der Waals surface area (Å²) >= 11 is 0.768. The number of halogens is 2. The van der Waals surface area contributed by atoms with Gasteiger partial charge in [0.1, 0.15) is 29.5 Å². The first kappa shape index (κ1) is 32.5. The molecule has 2 rings (SSSR count). The average molecular weight is 556 g/mol. The van der Waals surface area contributed by atoms with Gasteiger partial charge in [-0.3, -0.25) is 14.4 Å². The second-order valence-electron chi connectivity index (χ2n) is 8.10. The van der Waals surface area contributed by atoms with E-state index in [1.807, 2.05) is 0 Å². The van der Waals surface area contributed by atoms with E-state index in [1.165, 1.54) is 25.1 Å². The summed E-state index contributed by atoms with van der Waals surface area (Å²) in [7, 11) is 0. The Kier molecular flexibility index (Phi) is 14.0. The molecular formula is C25H31F2N3O7S. The van der Waals surface area contributed by atoms with Crippen molar-refractivity contribution in [1.82, 2.24) is 5.32 Å². The minimum atomic E-state index is -1.23. The molecule has 0 bridgehead atoms. The molecule has 0 radical (unpaired) electrons. The van der Waals surface area contributed by atoms with E-state index in [-0.39, 0.29) is 34.6 Å². The van der Waals surface area contributed by atoms with E-state index in [0.29, 0.717) is 19.0 Å². The number of carboxylic acids is 2. The second kappa shape index (κ2) is 16.3. The number of nitrogens with one attached hydrogen (secondary N) is 1. The van der Waals surface area contributed by atoms with Gasteiger partial charge in [-0.05, 0) is 61.7 Å². The number of unbranched alkanes of at least 4 members (excludes halogenated alkanes) is 1. The number of carboxylic acid groups (broad SMARTS) is 2. The van der Waals surface area contributed by atoms with Crippen molar-refractivity contribution in [2.24, 2.45) is 11.5 Å². The lowest BCUT2D eigenvalue weighted by Gasteiger charge is -2.13. The molecule has 8 N–H and O–H groups in total. The van der Waals surface area contributed by atoms with Gasteiger partial charge in [0.2, 0.25) is 11.0 Å². The molecule has 0 aromatic heterocycles. The number of benzene rings is 2. The normalized spacial score (nSPS) is 12.0. The molecule has 0 aliphatic heterocycles. The predicted octanol–water partition coefficient (Wildman–Crippen LogP) is 2.72. The summed E-state index contributed by atoms with van der Waals surface area (Å²) in [6.07, 6.45) is 2.15. The number of carbonyl (C=O) groups is 4. The van der Waals surface area contributed by atoms with E-state index in [9.17, 15) is 33.1 Å². The van der Waals surface area contributed by atoms with Crippen LogP contribution in [0.2, 0.25) is 0 Å². The van der Waals surface area contributed by atoms with E-state index in [1.54, 1.807) is 0 Å². The first-order valence-corrected chi connectivity index (χ1v) is 12.5. The molecule has 0 spiro atoms. The van der Waals surface area contributed by atoms with E-state index in [0.717, 1.165) is 36.7 Å². The van der Waals surface area contributed by atoms with E-state index in [4.69, 9.17) is 21.7 Å². The van der Waals surface area contributed by atoms with E-state index >= 15 is 0 Å². The third-order valence-electron chi connectivity index (χ3n) is 5.05. The van der Waals surface area contributed by atoms with Crippen molar-refractivity contribution in [3.63, 3.8) is 0 Å². The van der Waals surface area contributed by atoms with Crippen LogP contribution in [-0.4, -0.2) is 62.7 Å². The van der Waals surface area contributed by atoms with Crippen molar-refractivity contribution in [3.8, 4) is 16.9 Å². The van der Waals surface area contributed by atoms with Gasteiger partial charge in [-0.15, -0.1) is 0 Å². The maximum Gasteiger partial charge on any atom is 0.326 e. The number of amides is 1. The summed E-state index contributed by atoms with van der Waals surface area (Å²) in [6, 6.07) is 4.85. The zero-order valence-electron chi connectivity index (χ0n) is 20.7. The van der Waals surface area contributed by atoms with Crippen LogP contribution >= 0.6 is 11.8 Å².